The second-order valence-corrected chi connectivity index (χ2v) is 4.85. The van der Waals surface area contributed by atoms with Gasteiger partial charge in [-0.1, -0.05) is 36.4 Å². The molecule has 0 spiro atoms. The van der Waals surface area contributed by atoms with E-state index in [2.05, 4.69) is 42.5 Å². The second kappa shape index (κ2) is 4.25. The minimum Gasteiger partial charge on any atom is -0.398 e. The number of benzene rings is 2. The van der Waals surface area contributed by atoms with E-state index in [1.807, 2.05) is 0 Å². The first kappa shape index (κ1) is 10.4. The average Bonchev–Trinajstić information content (AvgIpc) is 2.34. The Morgan fingerprint density at radius 3 is 1.82 bits per heavy atom. The lowest BCUT2D eigenvalue weighted by Crippen LogP contribution is -2.01. The predicted octanol–water partition coefficient (Wildman–Crippen LogP) is 3.15. The highest BCUT2D eigenvalue weighted by molar-refractivity contribution is 5.50. The van der Waals surface area contributed by atoms with Crippen molar-refractivity contribution in [2.75, 3.05) is 5.73 Å². The van der Waals surface area contributed by atoms with Gasteiger partial charge in [-0.2, -0.15) is 0 Å². The summed E-state index contributed by atoms with van der Waals surface area (Å²) in [5.41, 5.74) is 12.5. The van der Waals surface area contributed by atoms with Gasteiger partial charge < -0.3 is 5.73 Å². The first-order valence-electron chi connectivity index (χ1n) is 6.26. The van der Waals surface area contributed by atoms with Crippen molar-refractivity contribution in [2.24, 2.45) is 0 Å². The number of aryl methyl sites for hydroxylation is 4. The van der Waals surface area contributed by atoms with Gasteiger partial charge >= 0.3 is 0 Å². The molecule has 0 radical (unpaired) electrons. The first-order valence-corrected chi connectivity index (χ1v) is 6.26. The largest absolute Gasteiger partial charge is 0.398 e. The molecule has 0 saturated carbocycles. The van der Waals surface area contributed by atoms with Crippen molar-refractivity contribution in [2.45, 2.75) is 25.7 Å². The van der Waals surface area contributed by atoms with Crippen LogP contribution in [0.25, 0.3) is 0 Å². The van der Waals surface area contributed by atoms with Crippen LogP contribution < -0.4 is 5.73 Å². The molecule has 4 aliphatic carbocycles. The van der Waals surface area contributed by atoms with E-state index in [0.29, 0.717) is 0 Å². The number of anilines is 1. The van der Waals surface area contributed by atoms with E-state index in [1.54, 1.807) is 0 Å². The highest BCUT2D eigenvalue weighted by Gasteiger charge is 2.05. The molecule has 0 unspecified atom stereocenters. The fourth-order valence-electron chi connectivity index (χ4n) is 2.47. The summed E-state index contributed by atoms with van der Waals surface area (Å²) in [5, 5.41) is 0. The van der Waals surface area contributed by atoms with Gasteiger partial charge in [0.1, 0.15) is 0 Å². The SMILES string of the molecule is Nc1cc2ccc1CCc1ccc(cc1)CC2. The molecule has 0 fully saturated rings. The second-order valence-electron chi connectivity index (χ2n) is 4.85. The van der Waals surface area contributed by atoms with Gasteiger partial charge in [-0.25, -0.2) is 0 Å². The fraction of sp³-hybridized carbons (Fsp3) is 0.250. The summed E-state index contributed by atoms with van der Waals surface area (Å²) in [6.45, 7) is 0. The smallest absolute Gasteiger partial charge is 0.0349 e. The molecular weight excluding hydrogens is 206 g/mol. The van der Waals surface area contributed by atoms with E-state index >= 15 is 0 Å². The van der Waals surface area contributed by atoms with Crippen molar-refractivity contribution in [3.05, 3.63) is 64.7 Å². The summed E-state index contributed by atoms with van der Waals surface area (Å²) in [6.07, 6.45) is 4.28. The lowest BCUT2D eigenvalue weighted by Gasteiger charge is -2.11. The summed E-state index contributed by atoms with van der Waals surface area (Å²) in [4.78, 5) is 0. The minimum atomic E-state index is 0.956. The van der Waals surface area contributed by atoms with Crippen LogP contribution in [0.15, 0.2) is 42.5 Å². The van der Waals surface area contributed by atoms with E-state index in [4.69, 9.17) is 5.73 Å². The van der Waals surface area contributed by atoms with Crippen molar-refractivity contribution >= 4 is 5.69 Å². The van der Waals surface area contributed by atoms with Crippen molar-refractivity contribution in [1.29, 1.82) is 0 Å². The normalized spacial score (nSPS) is 14.4. The Kier molecular flexibility index (Phi) is 2.60. The summed E-state index contributed by atoms with van der Waals surface area (Å²) in [5.74, 6) is 0. The Labute approximate surface area is 102 Å². The maximum atomic E-state index is 6.10. The van der Waals surface area contributed by atoms with Crippen LogP contribution in [0.2, 0.25) is 0 Å². The quantitative estimate of drug-likeness (QED) is 0.682. The van der Waals surface area contributed by atoms with Crippen LogP contribution in [0.5, 0.6) is 0 Å². The van der Waals surface area contributed by atoms with Crippen LogP contribution in [-0.4, -0.2) is 0 Å². The number of hydrogen-bond acceptors (Lipinski definition) is 1. The highest BCUT2D eigenvalue weighted by Crippen LogP contribution is 2.20. The molecule has 1 nitrogen and oxygen atoms in total. The molecule has 6 rings (SSSR count). The molecule has 0 saturated heterocycles. The van der Waals surface area contributed by atoms with E-state index < -0.39 is 0 Å². The van der Waals surface area contributed by atoms with Crippen molar-refractivity contribution in [1.82, 2.24) is 0 Å². The molecule has 0 amide bonds. The molecule has 4 aliphatic rings. The predicted molar refractivity (Wildman–Crippen MR) is 72.1 cm³/mol. The Bertz CT molecular complexity index is 526. The zero-order valence-electron chi connectivity index (χ0n) is 9.95. The molecule has 17 heavy (non-hydrogen) atoms. The van der Waals surface area contributed by atoms with Crippen LogP contribution in [0.1, 0.15) is 22.3 Å². The topological polar surface area (TPSA) is 26.0 Å². The van der Waals surface area contributed by atoms with Gasteiger partial charge in [0, 0.05) is 5.69 Å². The Morgan fingerprint density at radius 2 is 1.18 bits per heavy atom. The monoisotopic (exact) mass is 223 g/mol. The van der Waals surface area contributed by atoms with Gasteiger partial charge in [0.05, 0.1) is 0 Å². The number of rotatable bonds is 0. The Balaban J connectivity index is 2.00. The molecule has 0 aromatic heterocycles. The maximum absolute atomic E-state index is 6.10. The molecule has 0 aliphatic heterocycles. The van der Waals surface area contributed by atoms with Gasteiger partial charge in [0.25, 0.3) is 0 Å². The van der Waals surface area contributed by atoms with E-state index in [-0.39, 0.29) is 0 Å². The lowest BCUT2D eigenvalue weighted by atomic mass is 9.96. The third kappa shape index (κ3) is 2.19. The van der Waals surface area contributed by atoms with Gasteiger partial charge in [0.15, 0.2) is 0 Å². The first-order chi connectivity index (χ1) is 8.31. The van der Waals surface area contributed by atoms with Crippen molar-refractivity contribution < 1.29 is 0 Å². The maximum Gasteiger partial charge on any atom is 0.0349 e. The molecule has 2 aromatic carbocycles. The van der Waals surface area contributed by atoms with Crippen LogP contribution >= 0.6 is 0 Å². The van der Waals surface area contributed by atoms with Crippen molar-refractivity contribution in [3.8, 4) is 0 Å². The molecule has 4 bridgehead atoms. The standard InChI is InChI=1S/C16H17N/c17-16-11-14-6-5-12-1-3-13(4-2-12)7-9-15(16)10-8-14/h1-4,8,10-11H,5-7,9,17H2. The van der Waals surface area contributed by atoms with E-state index in [9.17, 15) is 0 Å². The Morgan fingerprint density at radius 1 is 0.647 bits per heavy atom. The fourth-order valence-corrected chi connectivity index (χ4v) is 2.47. The highest BCUT2D eigenvalue weighted by atomic mass is 14.6. The molecular formula is C16H17N. The zero-order valence-corrected chi connectivity index (χ0v) is 9.95. The van der Waals surface area contributed by atoms with Gasteiger partial charge in [-0.05, 0) is 54.0 Å². The molecule has 2 aromatic rings. The summed E-state index contributed by atoms with van der Waals surface area (Å²) >= 11 is 0. The van der Waals surface area contributed by atoms with Gasteiger partial charge in [-0.3, -0.25) is 0 Å². The van der Waals surface area contributed by atoms with Crippen LogP contribution in [0.4, 0.5) is 5.69 Å². The average molecular weight is 223 g/mol. The van der Waals surface area contributed by atoms with Gasteiger partial charge in [-0.15, -0.1) is 0 Å². The summed E-state index contributed by atoms with van der Waals surface area (Å²) in [6, 6.07) is 15.6. The van der Waals surface area contributed by atoms with Crippen LogP contribution in [0.3, 0.4) is 0 Å². The number of nitrogens with two attached hydrogens (primary N) is 1. The Hall–Kier alpha value is -1.76. The summed E-state index contributed by atoms with van der Waals surface area (Å²) in [7, 11) is 0. The molecule has 0 atom stereocenters. The third-order valence-corrected chi connectivity index (χ3v) is 3.62. The molecule has 2 N–H and O–H groups in total. The third-order valence-electron chi connectivity index (χ3n) is 3.62. The number of nitrogen functional groups attached to an aromatic ring is 1. The van der Waals surface area contributed by atoms with Crippen molar-refractivity contribution in [3.63, 3.8) is 0 Å². The van der Waals surface area contributed by atoms with Crippen LogP contribution in [0, 0.1) is 0 Å². The number of hydrogen-bond donors (Lipinski definition) is 1. The minimum absolute atomic E-state index is 0.956. The van der Waals surface area contributed by atoms with Crippen LogP contribution in [-0.2, 0) is 25.7 Å². The molecule has 0 heterocycles. The summed E-state index contributed by atoms with van der Waals surface area (Å²) < 4.78 is 0. The van der Waals surface area contributed by atoms with Gasteiger partial charge in [0.2, 0.25) is 0 Å². The van der Waals surface area contributed by atoms with E-state index in [0.717, 1.165) is 31.4 Å². The molecule has 1 heteroatoms. The molecule has 86 valence electrons. The van der Waals surface area contributed by atoms with E-state index in [1.165, 1.54) is 22.3 Å². The lowest BCUT2D eigenvalue weighted by molar-refractivity contribution is 0.924. The zero-order chi connectivity index (χ0) is 11.7.